The lowest BCUT2D eigenvalue weighted by molar-refractivity contribution is -0.127. The van der Waals surface area contributed by atoms with Crippen molar-refractivity contribution < 1.29 is 4.79 Å². The van der Waals surface area contributed by atoms with Gasteiger partial charge in [-0.3, -0.25) is 4.79 Å². The van der Waals surface area contributed by atoms with Crippen LogP contribution in [0, 0.1) is 0 Å². The third kappa shape index (κ3) is 6.29. The fraction of sp³-hybridized carbons (Fsp3) is 0.500. The maximum absolute atomic E-state index is 11.7. The van der Waals surface area contributed by atoms with Gasteiger partial charge in [0.1, 0.15) is 6.54 Å². The van der Waals surface area contributed by atoms with Crippen LogP contribution < -0.4 is 5.32 Å². The molecule has 1 rings (SSSR count). The molecule has 0 radical (unpaired) electrons. The van der Waals surface area contributed by atoms with Crippen LogP contribution in [0.1, 0.15) is 18.9 Å². The Bertz CT molecular complexity index is 457. The van der Waals surface area contributed by atoms with Crippen molar-refractivity contribution in [1.29, 1.82) is 0 Å². The number of aliphatic imine (C=N–C) groups is 1. The lowest BCUT2D eigenvalue weighted by Crippen LogP contribution is -2.39. The molecule has 0 unspecified atom stereocenters. The molecule has 0 bridgehead atoms. The topological polar surface area (TPSA) is 47.9 Å². The summed E-state index contributed by atoms with van der Waals surface area (Å²) in [6.45, 7) is 3.87. The number of hydrogen-bond acceptors (Lipinski definition) is 2. The molecule has 0 aliphatic rings. The van der Waals surface area contributed by atoms with E-state index in [1.54, 1.807) is 19.0 Å². The van der Waals surface area contributed by atoms with Gasteiger partial charge in [0.15, 0.2) is 5.96 Å². The van der Waals surface area contributed by atoms with Crippen molar-refractivity contribution in [3.63, 3.8) is 0 Å². The van der Waals surface area contributed by atoms with Crippen LogP contribution in [0.3, 0.4) is 0 Å². The standard InChI is InChI=1S/C16H26N4O/c1-5-11-17-16(18-12-15(21)19(2)3)20(4)13-14-9-7-6-8-10-14/h6-10H,5,11-13H2,1-4H3,(H,17,18). The second-order valence-electron chi connectivity index (χ2n) is 5.20. The average Bonchev–Trinajstić information content (AvgIpc) is 2.47. The minimum absolute atomic E-state index is 0.00101. The fourth-order valence-electron chi connectivity index (χ4n) is 1.76. The number of nitrogens with zero attached hydrogens (tertiary/aromatic N) is 3. The van der Waals surface area contributed by atoms with Gasteiger partial charge in [-0.15, -0.1) is 0 Å². The lowest BCUT2D eigenvalue weighted by Gasteiger charge is -2.22. The van der Waals surface area contributed by atoms with Gasteiger partial charge < -0.3 is 15.1 Å². The van der Waals surface area contributed by atoms with E-state index in [9.17, 15) is 4.79 Å². The summed E-state index contributed by atoms with van der Waals surface area (Å²) >= 11 is 0. The van der Waals surface area contributed by atoms with Crippen molar-refractivity contribution in [2.75, 3.05) is 34.2 Å². The van der Waals surface area contributed by atoms with Crippen LogP contribution in [-0.4, -0.2) is 55.9 Å². The third-order valence-electron chi connectivity index (χ3n) is 3.02. The van der Waals surface area contributed by atoms with Gasteiger partial charge in [-0.2, -0.15) is 0 Å². The molecule has 0 atom stereocenters. The van der Waals surface area contributed by atoms with Crippen LogP contribution in [0.2, 0.25) is 0 Å². The Labute approximate surface area is 127 Å². The molecule has 0 fully saturated rings. The summed E-state index contributed by atoms with van der Waals surface area (Å²) in [7, 11) is 5.46. The molecule has 0 saturated carbocycles. The summed E-state index contributed by atoms with van der Waals surface area (Å²) in [5.74, 6) is 0.759. The van der Waals surface area contributed by atoms with Crippen LogP contribution in [0.25, 0.3) is 0 Å². The molecule has 0 aliphatic carbocycles. The molecule has 1 N–H and O–H groups in total. The summed E-state index contributed by atoms with van der Waals surface area (Å²) in [4.78, 5) is 19.7. The normalized spacial score (nSPS) is 11.1. The van der Waals surface area contributed by atoms with Crippen molar-refractivity contribution in [1.82, 2.24) is 15.1 Å². The number of rotatable bonds is 6. The van der Waals surface area contributed by atoms with Gasteiger partial charge in [0.2, 0.25) is 5.91 Å². The van der Waals surface area contributed by atoms with Gasteiger partial charge >= 0.3 is 0 Å². The summed E-state index contributed by atoms with van der Waals surface area (Å²) in [5, 5.41) is 3.29. The van der Waals surface area contributed by atoms with E-state index in [1.165, 1.54) is 5.56 Å². The number of guanidine groups is 1. The molecule has 5 heteroatoms. The van der Waals surface area contributed by atoms with E-state index in [-0.39, 0.29) is 12.5 Å². The van der Waals surface area contributed by atoms with E-state index in [0.717, 1.165) is 25.5 Å². The second-order valence-corrected chi connectivity index (χ2v) is 5.20. The first-order chi connectivity index (χ1) is 10.0. The molecular weight excluding hydrogens is 264 g/mol. The van der Waals surface area contributed by atoms with E-state index >= 15 is 0 Å². The molecule has 116 valence electrons. The lowest BCUT2D eigenvalue weighted by atomic mass is 10.2. The predicted octanol–water partition coefficient (Wildman–Crippen LogP) is 1.56. The summed E-state index contributed by atoms with van der Waals surface area (Å²) in [5.41, 5.74) is 1.21. The van der Waals surface area contributed by atoms with Crippen LogP contribution in [0.5, 0.6) is 0 Å². The largest absolute Gasteiger partial charge is 0.356 e. The highest BCUT2D eigenvalue weighted by molar-refractivity contribution is 5.84. The Morgan fingerprint density at radius 3 is 2.43 bits per heavy atom. The number of carbonyl (C=O) groups is 1. The zero-order valence-electron chi connectivity index (χ0n) is 13.5. The zero-order chi connectivity index (χ0) is 15.7. The average molecular weight is 290 g/mol. The number of nitrogens with one attached hydrogen (secondary N) is 1. The van der Waals surface area contributed by atoms with Gasteiger partial charge in [-0.05, 0) is 12.0 Å². The van der Waals surface area contributed by atoms with Gasteiger partial charge in [0.25, 0.3) is 0 Å². The predicted molar refractivity (Wildman–Crippen MR) is 87.2 cm³/mol. The molecule has 0 aliphatic heterocycles. The van der Waals surface area contributed by atoms with E-state index in [1.807, 2.05) is 30.1 Å². The first-order valence-electron chi connectivity index (χ1n) is 7.28. The van der Waals surface area contributed by atoms with Gasteiger partial charge in [0.05, 0.1) is 0 Å². The van der Waals surface area contributed by atoms with Gasteiger partial charge in [-0.1, -0.05) is 37.3 Å². The minimum atomic E-state index is -0.00101. The van der Waals surface area contributed by atoms with Crippen LogP contribution in [0.15, 0.2) is 35.3 Å². The Balaban J connectivity index is 2.71. The maximum Gasteiger partial charge on any atom is 0.243 e. The number of likely N-dealkylation sites (N-methyl/N-ethyl adjacent to an activating group) is 1. The number of hydrogen-bond donors (Lipinski definition) is 1. The quantitative estimate of drug-likeness (QED) is 0.639. The van der Waals surface area contributed by atoms with Crippen molar-refractivity contribution in [3.8, 4) is 0 Å². The van der Waals surface area contributed by atoms with Crippen molar-refractivity contribution in [3.05, 3.63) is 35.9 Å². The second kappa shape index (κ2) is 9.00. The number of benzene rings is 1. The number of amides is 1. The fourth-order valence-corrected chi connectivity index (χ4v) is 1.76. The first-order valence-corrected chi connectivity index (χ1v) is 7.28. The SMILES string of the molecule is CCCNC(=NCC(=O)N(C)C)N(C)Cc1ccccc1. The Morgan fingerprint density at radius 1 is 1.19 bits per heavy atom. The number of carbonyl (C=O) groups excluding carboxylic acids is 1. The summed E-state index contributed by atoms with van der Waals surface area (Å²) < 4.78 is 0. The van der Waals surface area contributed by atoms with E-state index < -0.39 is 0 Å². The van der Waals surface area contributed by atoms with Crippen molar-refractivity contribution in [2.45, 2.75) is 19.9 Å². The minimum Gasteiger partial charge on any atom is -0.356 e. The molecule has 1 aromatic carbocycles. The summed E-state index contributed by atoms with van der Waals surface area (Å²) in [6.07, 6.45) is 1.01. The Hall–Kier alpha value is -2.04. The molecule has 0 heterocycles. The molecule has 0 aromatic heterocycles. The van der Waals surface area contributed by atoms with E-state index in [0.29, 0.717) is 0 Å². The van der Waals surface area contributed by atoms with E-state index in [4.69, 9.17) is 0 Å². The summed E-state index contributed by atoms with van der Waals surface area (Å²) in [6, 6.07) is 10.2. The Kier molecular flexibility index (Phi) is 7.29. The van der Waals surface area contributed by atoms with Gasteiger partial charge in [-0.25, -0.2) is 4.99 Å². The maximum atomic E-state index is 11.7. The highest BCUT2D eigenvalue weighted by Gasteiger charge is 2.09. The molecular formula is C16H26N4O. The molecule has 0 saturated heterocycles. The van der Waals surface area contributed by atoms with E-state index in [2.05, 4.69) is 29.4 Å². The molecule has 21 heavy (non-hydrogen) atoms. The molecule has 0 spiro atoms. The molecule has 1 amide bonds. The van der Waals surface area contributed by atoms with Crippen LogP contribution in [-0.2, 0) is 11.3 Å². The van der Waals surface area contributed by atoms with Crippen LogP contribution >= 0.6 is 0 Å². The molecule has 5 nitrogen and oxygen atoms in total. The Morgan fingerprint density at radius 2 is 1.86 bits per heavy atom. The zero-order valence-corrected chi connectivity index (χ0v) is 13.5. The first kappa shape index (κ1) is 17.0. The van der Waals surface area contributed by atoms with Crippen LogP contribution in [0.4, 0.5) is 0 Å². The third-order valence-corrected chi connectivity index (χ3v) is 3.02. The smallest absolute Gasteiger partial charge is 0.243 e. The highest BCUT2D eigenvalue weighted by Crippen LogP contribution is 2.03. The monoisotopic (exact) mass is 290 g/mol. The van der Waals surface area contributed by atoms with Crippen molar-refractivity contribution >= 4 is 11.9 Å². The van der Waals surface area contributed by atoms with Gasteiger partial charge in [0, 0.05) is 34.2 Å². The highest BCUT2D eigenvalue weighted by atomic mass is 16.2. The van der Waals surface area contributed by atoms with Crippen molar-refractivity contribution in [2.24, 2.45) is 4.99 Å². The molecule has 1 aromatic rings.